The fraction of sp³-hybridized carbons (Fsp3) is 0.917. The molecule has 0 aromatic carbocycles. The van der Waals surface area contributed by atoms with Crippen LogP contribution >= 0.6 is 0 Å². The smallest absolute Gasteiger partial charge is 0.190 e. The Morgan fingerprint density at radius 2 is 1.72 bits per heavy atom. The molecular formula is C12H19O6. The maximum Gasteiger partial charge on any atom is 0.190 e. The van der Waals surface area contributed by atoms with Gasteiger partial charge in [0, 0.05) is 0 Å². The molecule has 0 spiro atoms. The lowest BCUT2D eigenvalue weighted by molar-refractivity contribution is -0.223. The van der Waals surface area contributed by atoms with Gasteiger partial charge in [-0.2, -0.15) is 0 Å². The third kappa shape index (κ3) is 2.07. The minimum atomic E-state index is -0.736. The van der Waals surface area contributed by atoms with Crippen LogP contribution in [0.15, 0.2) is 0 Å². The van der Waals surface area contributed by atoms with E-state index in [1.165, 1.54) is 0 Å². The maximum absolute atomic E-state index is 10.2. The molecule has 4 atom stereocenters. The molecule has 3 aliphatic rings. The predicted octanol–water partition coefficient (Wildman–Crippen LogP) is 0.919. The summed E-state index contributed by atoms with van der Waals surface area (Å²) in [5, 5.41) is 10.2. The zero-order valence-corrected chi connectivity index (χ0v) is 11.0. The topological polar surface area (TPSA) is 66.4 Å². The van der Waals surface area contributed by atoms with E-state index >= 15 is 0 Å². The highest BCUT2D eigenvalue weighted by Crippen LogP contribution is 2.43. The Morgan fingerprint density at radius 3 is 2.28 bits per heavy atom. The Balaban J connectivity index is 1.68. The van der Waals surface area contributed by atoms with Gasteiger partial charge in [0.15, 0.2) is 24.0 Å². The van der Waals surface area contributed by atoms with E-state index in [1.807, 2.05) is 13.8 Å². The highest BCUT2D eigenvalue weighted by atomic mass is 16.8. The van der Waals surface area contributed by atoms with E-state index in [9.17, 15) is 5.11 Å². The SMILES string of the molecule is CC1(C)O[C@H]2O[C@H]([C@H]3COC(C)(C)O3)[C](O)[C@H]2O1. The van der Waals surface area contributed by atoms with Crippen LogP contribution in [0.2, 0.25) is 0 Å². The molecule has 0 aliphatic carbocycles. The summed E-state index contributed by atoms with van der Waals surface area (Å²) in [6, 6.07) is 0. The Labute approximate surface area is 106 Å². The van der Waals surface area contributed by atoms with Crippen LogP contribution in [-0.2, 0) is 23.7 Å². The molecule has 6 nitrogen and oxygen atoms in total. The largest absolute Gasteiger partial charge is 0.381 e. The molecule has 103 valence electrons. The molecule has 0 bridgehead atoms. The highest BCUT2D eigenvalue weighted by Gasteiger charge is 2.58. The molecular weight excluding hydrogens is 240 g/mol. The molecule has 1 radical (unpaired) electrons. The first kappa shape index (κ1) is 12.8. The quantitative estimate of drug-likeness (QED) is 0.755. The normalized spacial score (nSPS) is 46.5. The molecule has 0 saturated carbocycles. The van der Waals surface area contributed by atoms with Crippen molar-refractivity contribution in [1.29, 1.82) is 0 Å². The molecule has 0 unspecified atom stereocenters. The van der Waals surface area contributed by atoms with Gasteiger partial charge >= 0.3 is 0 Å². The second-order valence-corrected chi connectivity index (χ2v) is 5.77. The Bertz CT molecular complexity index is 341. The summed E-state index contributed by atoms with van der Waals surface area (Å²) < 4.78 is 28.0. The molecule has 0 aromatic heterocycles. The van der Waals surface area contributed by atoms with Gasteiger partial charge in [0.05, 0.1) is 6.61 Å². The molecule has 3 aliphatic heterocycles. The molecule has 1 N–H and O–H groups in total. The maximum atomic E-state index is 10.2. The van der Waals surface area contributed by atoms with Crippen molar-refractivity contribution < 1.29 is 28.8 Å². The number of aliphatic hydroxyl groups is 1. The lowest BCUT2D eigenvalue weighted by atomic mass is 10.1. The summed E-state index contributed by atoms with van der Waals surface area (Å²) in [5.74, 6) is -1.38. The zero-order valence-electron chi connectivity index (χ0n) is 11.0. The molecule has 18 heavy (non-hydrogen) atoms. The van der Waals surface area contributed by atoms with Gasteiger partial charge in [-0.05, 0) is 27.7 Å². The second-order valence-electron chi connectivity index (χ2n) is 5.77. The Kier molecular flexibility index (Phi) is 2.75. The van der Waals surface area contributed by atoms with E-state index in [4.69, 9.17) is 23.7 Å². The van der Waals surface area contributed by atoms with Gasteiger partial charge in [-0.1, -0.05) is 0 Å². The Hall–Kier alpha value is -0.240. The van der Waals surface area contributed by atoms with E-state index in [1.54, 1.807) is 13.8 Å². The minimum absolute atomic E-state index is 0.122. The zero-order chi connectivity index (χ0) is 13.1. The van der Waals surface area contributed by atoms with Crippen molar-refractivity contribution in [3.8, 4) is 0 Å². The summed E-state index contributed by atoms with van der Waals surface area (Å²) in [7, 11) is 0. The summed E-state index contributed by atoms with van der Waals surface area (Å²) in [5.41, 5.74) is 0. The average Bonchev–Trinajstić information content (AvgIpc) is 2.81. The number of hydrogen-bond acceptors (Lipinski definition) is 6. The van der Waals surface area contributed by atoms with Crippen molar-refractivity contribution in [2.45, 2.75) is 63.9 Å². The first-order valence-electron chi connectivity index (χ1n) is 6.16. The number of hydrogen-bond donors (Lipinski definition) is 1. The fourth-order valence-corrected chi connectivity index (χ4v) is 2.55. The van der Waals surface area contributed by atoms with Crippen molar-refractivity contribution >= 4 is 0 Å². The van der Waals surface area contributed by atoms with Gasteiger partial charge in [0.25, 0.3) is 0 Å². The molecule has 6 heteroatoms. The van der Waals surface area contributed by atoms with Gasteiger partial charge in [0.1, 0.15) is 18.3 Å². The number of fused-ring (bicyclic) bond motifs is 1. The van der Waals surface area contributed by atoms with Crippen LogP contribution in [0.4, 0.5) is 0 Å². The second kappa shape index (κ2) is 3.88. The van der Waals surface area contributed by atoms with Crippen molar-refractivity contribution in [3.05, 3.63) is 6.10 Å². The third-order valence-corrected chi connectivity index (χ3v) is 3.29. The average molecular weight is 259 g/mol. The summed E-state index contributed by atoms with van der Waals surface area (Å²) in [4.78, 5) is 0. The fourth-order valence-electron chi connectivity index (χ4n) is 2.55. The highest BCUT2D eigenvalue weighted by molar-refractivity contribution is 5.09. The Morgan fingerprint density at radius 1 is 1.00 bits per heavy atom. The lowest BCUT2D eigenvalue weighted by Gasteiger charge is -2.25. The molecule has 0 aromatic rings. The number of aliphatic hydroxyl groups excluding tert-OH is 1. The van der Waals surface area contributed by atoms with Crippen LogP contribution in [0.3, 0.4) is 0 Å². The van der Waals surface area contributed by atoms with Crippen molar-refractivity contribution in [3.63, 3.8) is 0 Å². The predicted molar refractivity (Wildman–Crippen MR) is 58.8 cm³/mol. The van der Waals surface area contributed by atoms with E-state index in [0.29, 0.717) is 6.61 Å². The van der Waals surface area contributed by atoms with E-state index in [0.717, 1.165) is 0 Å². The van der Waals surface area contributed by atoms with Crippen LogP contribution < -0.4 is 0 Å². The molecule has 3 rings (SSSR count). The number of rotatable bonds is 1. The van der Waals surface area contributed by atoms with Crippen molar-refractivity contribution in [2.75, 3.05) is 6.61 Å². The van der Waals surface area contributed by atoms with Crippen LogP contribution in [0.1, 0.15) is 27.7 Å². The summed E-state index contributed by atoms with van der Waals surface area (Å²) >= 11 is 0. The number of ether oxygens (including phenoxy) is 5. The standard InChI is InChI=1S/C12H19O6/c1-11(2)14-5-6(16-11)8-7(13)9-10(15-8)18-12(3,4)17-9/h6,8-10,13H,5H2,1-4H3/t6-,8-,9-,10-/m1/s1. The van der Waals surface area contributed by atoms with Crippen LogP contribution in [0.5, 0.6) is 0 Å². The summed E-state index contributed by atoms with van der Waals surface area (Å²) in [6.45, 7) is 7.61. The van der Waals surface area contributed by atoms with Gasteiger partial charge in [-0.25, -0.2) is 0 Å². The van der Waals surface area contributed by atoms with Crippen molar-refractivity contribution in [2.24, 2.45) is 0 Å². The van der Waals surface area contributed by atoms with Crippen molar-refractivity contribution in [1.82, 2.24) is 0 Å². The van der Waals surface area contributed by atoms with E-state index < -0.39 is 30.1 Å². The van der Waals surface area contributed by atoms with Gasteiger partial charge in [0.2, 0.25) is 0 Å². The molecule has 3 heterocycles. The van der Waals surface area contributed by atoms with E-state index in [2.05, 4.69) is 0 Å². The summed E-state index contributed by atoms with van der Waals surface area (Å²) in [6.07, 6.45) is -1.88. The molecule has 3 saturated heterocycles. The molecule has 0 amide bonds. The van der Waals surface area contributed by atoms with Crippen LogP contribution in [-0.4, -0.2) is 47.9 Å². The first-order valence-corrected chi connectivity index (χ1v) is 6.16. The van der Waals surface area contributed by atoms with Crippen LogP contribution in [0.25, 0.3) is 0 Å². The van der Waals surface area contributed by atoms with Gasteiger partial charge in [-0.3, -0.25) is 0 Å². The first-order chi connectivity index (χ1) is 8.27. The van der Waals surface area contributed by atoms with Crippen LogP contribution in [0, 0.1) is 6.10 Å². The van der Waals surface area contributed by atoms with E-state index in [-0.39, 0.29) is 12.2 Å². The third-order valence-electron chi connectivity index (χ3n) is 3.29. The van der Waals surface area contributed by atoms with Gasteiger partial charge in [-0.15, -0.1) is 0 Å². The minimum Gasteiger partial charge on any atom is -0.381 e. The lowest BCUT2D eigenvalue weighted by Crippen LogP contribution is -2.37. The molecule has 3 fully saturated rings. The monoisotopic (exact) mass is 259 g/mol. The van der Waals surface area contributed by atoms with Gasteiger partial charge < -0.3 is 28.8 Å².